The molecule has 0 aliphatic carbocycles. The molecule has 0 aliphatic rings. The van der Waals surface area contributed by atoms with Crippen LogP contribution in [-0.4, -0.2) is 25.5 Å². The first-order valence-corrected chi connectivity index (χ1v) is 10.8. The van der Waals surface area contributed by atoms with Gasteiger partial charge in [-0.25, -0.2) is 0 Å². The highest BCUT2D eigenvalue weighted by Gasteiger charge is 2.29. The summed E-state index contributed by atoms with van der Waals surface area (Å²) in [5.41, 5.74) is -0.451. The lowest BCUT2D eigenvalue weighted by Crippen LogP contribution is -2.47. The van der Waals surface area contributed by atoms with Crippen molar-refractivity contribution in [3.05, 3.63) is 23.8 Å². The zero-order chi connectivity index (χ0) is 22.9. The molecule has 170 valence electrons. The van der Waals surface area contributed by atoms with Crippen LogP contribution >= 0.6 is 0 Å². The summed E-state index contributed by atoms with van der Waals surface area (Å²) < 4.78 is 11.4. The van der Waals surface area contributed by atoms with Crippen molar-refractivity contribution < 1.29 is 19.1 Å². The van der Waals surface area contributed by atoms with Crippen molar-refractivity contribution in [2.75, 3.05) is 13.7 Å². The number of hydrogen-bond acceptors (Lipinski definition) is 4. The molecule has 1 aromatic rings. The average molecular weight is 421 g/mol. The second kappa shape index (κ2) is 11.2. The molecule has 6 heteroatoms. The first-order chi connectivity index (χ1) is 13.9. The third-order valence-electron chi connectivity index (χ3n) is 4.69. The van der Waals surface area contributed by atoms with Gasteiger partial charge < -0.3 is 20.1 Å². The van der Waals surface area contributed by atoms with Crippen molar-refractivity contribution in [2.45, 2.75) is 80.3 Å². The maximum absolute atomic E-state index is 12.6. The van der Waals surface area contributed by atoms with E-state index in [1.54, 1.807) is 13.2 Å². The molecule has 2 amide bonds. The number of hydrogen-bond donors (Lipinski definition) is 2. The Kier molecular flexibility index (Phi) is 9.66. The number of unbranched alkanes of at least 4 members (excludes halogenated alkanes) is 3. The van der Waals surface area contributed by atoms with Gasteiger partial charge in [-0.1, -0.05) is 73.8 Å². The standard InChI is InChI=1S/C24H40N2O4/c1-9-10-11-12-15-30-18-14-13-17(16-19(18)29-8)20(25-21(27)23(2,3)4)26-22(28)24(5,6)7/h13-14,16,20H,9-12,15H2,1-8H3,(H,25,27)(H,26,28). The molecule has 0 atom stereocenters. The van der Waals surface area contributed by atoms with Crippen LogP contribution in [0.2, 0.25) is 0 Å². The van der Waals surface area contributed by atoms with E-state index in [0.29, 0.717) is 18.1 Å². The summed E-state index contributed by atoms with van der Waals surface area (Å²) in [7, 11) is 1.58. The smallest absolute Gasteiger partial charge is 0.227 e. The summed E-state index contributed by atoms with van der Waals surface area (Å²) in [5, 5.41) is 5.89. The molecule has 0 bridgehead atoms. The summed E-state index contributed by atoms with van der Waals surface area (Å²) in [4.78, 5) is 25.2. The van der Waals surface area contributed by atoms with Crippen molar-refractivity contribution in [2.24, 2.45) is 10.8 Å². The Morgan fingerprint density at radius 1 is 0.900 bits per heavy atom. The molecule has 2 N–H and O–H groups in total. The van der Waals surface area contributed by atoms with Gasteiger partial charge in [-0.2, -0.15) is 0 Å². The summed E-state index contributed by atoms with van der Waals surface area (Å²) in [6, 6.07) is 5.48. The molecule has 1 aromatic carbocycles. The van der Waals surface area contributed by atoms with Gasteiger partial charge in [0.1, 0.15) is 6.17 Å². The first kappa shape index (κ1) is 25.8. The maximum Gasteiger partial charge on any atom is 0.227 e. The molecule has 0 aliphatic heterocycles. The highest BCUT2D eigenvalue weighted by molar-refractivity contribution is 5.84. The average Bonchev–Trinajstić information content (AvgIpc) is 2.65. The second-order valence-electron chi connectivity index (χ2n) is 9.70. The van der Waals surface area contributed by atoms with Crippen LogP contribution in [0.5, 0.6) is 11.5 Å². The molecular weight excluding hydrogens is 380 g/mol. The molecular formula is C24H40N2O4. The number of carbonyl (C=O) groups excluding carboxylic acids is 2. The molecule has 0 saturated heterocycles. The Balaban J connectivity index is 3.07. The third kappa shape index (κ3) is 8.25. The lowest BCUT2D eigenvalue weighted by molar-refractivity contribution is -0.132. The first-order valence-electron chi connectivity index (χ1n) is 10.8. The zero-order valence-electron chi connectivity index (χ0n) is 20.0. The minimum atomic E-state index is -0.670. The van der Waals surface area contributed by atoms with Crippen molar-refractivity contribution in [1.29, 1.82) is 0 Å². The van der Waals surface area contributed by atoms with E-state index in [4.69, 9.17) is 9.47 Å². The predicted molar refractivity (Wildman–Crippen MR) is 121 cm³/mol. The minimum Gasteiger partial charge on any atom is -0.493 e. The maximum atomic E-state index is 12.6. The zero-order valence-corrected chi connectivity index (χ0v) is 20.0. The van der Waals surface area contributed by atoms with E-state index in [-0.39, 0.29) is 11.8 Å². The fourth-order valence-corrected chi connectivity index (χ4v) is 2.59. The van der Waals surface area contributed by atoms with E-state index in [2.05, 4.69) is 17.6 Å². The van der Waals surface area contributed by atoms with Crippen molar-refractivity contribution in [3.63, 3.8) is 0 Å². The number of benzene rings is 1. The van der Waals surface area contributed by atoms with E-state index in [1.807, 2.05) is 53.7 Å². The van der Waals surface area contributed by atoms with Crippen LogP contribution in [0.4, 0.5) is 0 Å². The van der Waals surface area contributed by atoms with Gasteiger partial charge in [0.2, 0.25) is 11.8 Å². The van der Waals surface area contributed by atoms with Gasteiger partial charge in [0.25, 0.3) is 0 Å². The number of amides is 2. The highest BCUT2D eigenvalue weighted by atomic mass is 16.5. The van der Waals surface area contributed by atoms with Crippen LogP contribution in [0.15, 0.2) is 18.2 Å². The van der Waals surface area contributed by atoms with Crippen molar-refractivity contribution in [3.8, 4) is 11.5 Å². The van der Waals surface area contributed by atoms with Gasteiger partial charge in [0.15, 0.2) is 11.5 Å². The van der Waals surface area contributed by atoms with Crippen molar-refractivity contribution in [1.82, 2.24) is 10.6 Å². The lowest BCUT2D eigenvalue weighted by Gasteiger charge is -2.28. The largest absolute Gasteiger partial charge is 0.493 e. The van der Waals surface area contributed by atoms with Crippen LogP contribution < -0.4 is 20.1 Å². The highest BCUT2D eigenvalue weighted by Crippen LogP contribution is 2.31. The van der Waals surface area contributed by atoms with E-state index in [9.17, 15) is 9.59 Å². The molecule has 1 rings (SSSR count). The topological polar surface area (TPSA) is 76.7 Å². The summed E-state index contributed by atoms with van der Waals surface area (Å²) in [6.45, 7) is 13.8. The van der Waals surface area contributed by atoms with E-state index in [1.165, 1.54) is 12.8 Å². The Labute approximate surface area is 182 Å². The summed E-state index contributed by atoms with van der Waals surface area (Å²) in [6.07, 6.45) is 3.83. The molecule has 0 aromatic heterocycles. The molecule has 0 saturated carbocycles. The van der Waals surface area contributed by atoms with E-state index < -0.39 is 17.0 Å². The van der Waals surface area contributed by atoms with Crippen LogP contribution in [0, 0.1) is 10.8 Å². The van der Waals surface area contributed by atoms with Gasteiger partial charge in [0, 0.05) is 10.8 Å². The SMILES string of the molecule is CCCCCCOc1ccc(C(NC(=O)C(C)(C)C)NC(=O)C(C)(C)C)cc1OC. The quantitative estimate of drug-likeness (QED) is 0.413. The predicted octanol–water partition coefficient (Wildman–Crippen LogP) is 4.98. The number of carbonyl (C=O) groups is 2. The van der Waals surface area contributed by atoms with Gasteiger partial charge in [0.05, 0.1) is 13.7 Å². The fourth-order valence-electron chi connectivity index (χ4n) is 2.59. The Bertz CT molecular complexity index is 674. The molecule has 0 heterocycles. The number of methoxy groups -OCH3 is 1. The summed E-state index contributed by atoms with van der Waals surface area (Å²) in [5.74, 6) is 0.914. The molecule has 6 nitrogen and oxygen atoms in total. The van der Waals surface area contributed by atoms with E-state index in [0.717, 1.165) is 18.4 Å². The Hall–Kier alpha value is -2.24. The molecule has 0 unspecified atom stereocenters. The monoisotopic (exact) mass is 420 g/mol. The molecule has 0 radical (unpaired) electrons. The summed E-state index contributed by atoms with van der Waals surface area (Å²) >= 11 is 0. The molecule has 0 spiro atoms. The van der Waals surface area contributed by atoms with Gasteiger partial charge in [-0.15, -0.1) is 0 Å². The van der Waals surface area contributed by atoms with Crippen LogP contribution in [0.3, 0.4) is 0 Å². The van der Waals surface area contributed by atoms with Gasteiger partial charge in [-0.3, -0.25) is 9.59 Å². The fraction of sp³-hybridized carbons (Fsp3) is 0.667. The van der Waals surface area contributed by atoms with Crippen LogP contribution in [0.1, 0.15) is 85.9 Å². The normalized spacial score (nSPS) is 11.9. The van der Waals surface area contributed by atoms with Gasteiger partial charge in [-0.05, 0) is 24.1 Å². The van der Waals surface area contributed by atoms with Gasteiger partial charge >= 0.3 is 0 Å². The molecule has 0 fully saturated rings. The number of nitrogens with one attached hydrogen (secondary N) is 2. The lowest BCUT2D eigenvalue weighted by atomic mass is 9.94. The van der Waals surface area contributed by atoms with Crippen LogP contribution in [0.25, 0.3) is 0 Å². The van der Waals surface area contributed by atoms with Crippen molar-refractivity contribution >= 4 is 11.8 Å². The molecule has 30 heavy (non-hydrogen) atoms. The number of rotatable bonds is 10. The van der Waals surface area contributed by atoms with E-state index >= 15 is 0 Å². The third-order valence-corrected chi connectivity index (χ3v) is 4.69. The minimum absolute atomic E-state index is 0.156. The Morgan fingerprint density at radius 2 is 1.47 bits per heavy atom. The Morgan fingerprint density at radius 3 is 1.93 bits per heavy atom. The number of ether oxygens (including phenoxy) is 2. The van der Waals surface area contributed by atoms with Crippen LogP contribution in [-0.2, 0) is 9.59 Å². The second-order valence-corrected chi connectivity index (χ2v) is 9.70.